The van der Waals surface area contributed by atoms with E-state index in [9.17, 15) is 0 Å². The van der Waals surface area contributed by atoms with Gasteiger partial charge in [-0.05, 0) is 36.3 Å². The molecule has 1 aliphatic rings. The molecule has 1 nitrogen and oxygen atoms in total. The van der Waals surface area contributed by atoms with Crippen molar-refractivity contribution >= 4 is 23.2 Å². The number of nitrogens with one attached hydrogen (secondary N) is 1. The van der Waals surface area contributed by atoms with Gasteiger partial charge in [0, 0.05) is 12.6 Å². The average Bonchev–Trinajstić information content (AvgIpc) is 2.82. The zero-order valence-corrected chi connectivity index (χ0v) is 13.3. The van der Waals surface area contributed by atoms with Crippen LogP contribution in [0.5, 0.6) is 0 Å². The Balaban J connectivity index is 2.14. The van der Waals surface area contributed by atoms with Crippen LogP contribution in [0.2, 0.25) is 10.0 Å². The van der Waals surface area contributed by atoms with Crippen molar-refractivity contribution in [2.75, 3.05) is 6.54 Å². The molecule has 1 aromatic rings. The fourth-order valence-electron chi connectivity index (χ4n) is 3.05. The Labute approximate surface area is 126 Å². The molecular formula is C16H23Cl2N. The minimum Gasteiger partial charge on any atom is -0.314 e. The summed E-state index contributed by atoms with van der Waals surface area (Å²) < 4.78 is 0. The van der Waals surface area contributed by atoms with E-state index < -0.39 is 0 Å². The van der Waals surface area contributed by atoms with Crippen LogP contribution in [0, 0.1) is 5.41 Å². The number of hydrogen-bond donors (Lipinski definition) is 1. The van der Waals surface area contributed by atoms with Crippen LogP contribution >= 0.6 is 23.2 Å². The molecule has 0 radical (unpaired) electrons. The molecule has 0 heterocycles. The molecule has 1 aromatic carbocycles. The Morgan fingerprint density at radius 3 is 2.53 bits per heavy atom. The molecule has 0 amide bonds. The number of halogens is 2. The molecule has 3 heteroatoms. The first-order valence-corrected chi connectivity index (χ1v) is 7.94. The molecule has 0 aliphatic heterocycles. The zero-order chi connectivity index (χ0) is 13.9. The van der Waals surface area contributed by atoms with Gasteiger partial charge in [0.1, 0.15) is 0 Å². The van der Waals surface area contributed by atoms with Gasteiger partial charge in [0.25, 0.3) is 0 Å². The summed E-state index contributed by atoms with van der Waals surface area (Å²) in [6.45, 7) is 5.48. The van der Waals surface area contributed by atoms with Gasteiger partial charge in [-0.15, -0.1) is 0 Å². The van der Waals surface area contributed by atoms with Crippen molar-refractivity contribution in [3.63, 3.8) is 0 Å². The van der Waals surface area contributed by atoms with E-state index in [0.29, 0.717) is 16.5 Å². The van der Waals surface area contributed by atoms with Crippen LogP contribution in [-0.2, 0) is 6.42 Å². The van der Waals surface area contributed by atoms with E-state index in [4.69, 9.17) is 23.2 Å². The van der Waals surface area contributed by atoms with Crippen LogP contribution in [0.1, 0.15) is 45.1 Å². The summed E-state index contributed by atoms with van der Waals surface area (Å²) in [6.07, 6.45) is 6.27. The van der Waals surface area contributed by atoms with Crippen molar-refractivity contribution in [1.82, 2.24) is 5.32 Å². The smallest absolute Gasteiger partial charge is 0.0624 e. The van der Waals surface area contributed by atoms with Gasteiger partial charge in [0.15, 0.2) is 0 Å². The van der Waals surface area contributed by atoms with E-state index >= 15 is 0 Å². The Morgan fingerprint density at radius 1 is 1.21 bits per heavy atom. The summed E-state index contributed by atoms with van der Waals surface area (Å²) in [5.74, 6) is 0. The van der Waals surface area contributed by atoms with Crippen LogP contribution in [0.25, 0.3) is 0 Å². The van der Waals surface area contributed by atoms with E-state index in [1.165, 1.54) is 31.2 Å². The molecule has 0 saturated heterocycles. The van der Waals surface area contributed by atoms with E-state index in [-0.39, 0.29) is 0 Å². The molecule has 0 spiro atoms. The molecule has 0 atom stereocenters. The maximum atomic E-state index is 6.34. The van der Waals surface area contributed by atoms with Crippen molar-refractivity contribution < 1.29 is 0 Å². The van der Waals surface area contributed by atoms with Gasteiger partial charge in [0.2, 0.25) is 0 Å². The number of hydrogen-bond acceptors (Lipinski definition) is 1. The van der Waals surface area contributed by atoms with Crippen molar-refractivity contribution in [3.05, 3.63) is 33.8 Å². The van der Waals surface area contributed by atoms with Crippen molar-refractivity contribution in [2.24, 2.45) is 5.41 Å². The van der Waals surface area contributed by atoms with Gasteiger partial charge in [-0.25, -0.2) is 0 Å². The predicted octanol–water partition coefficient (Wildman–Crippen LogP) is 5.09. The van der Waals surface area contributed by atoms with E-state index in [1.807, 2.05) is 12.1 Å². The van der Waals surface area contributed by atoms with Crippen LogP contribution in [0.3, 0.4) is 0 Å². The molecular weight excluding hydrogens is 277 g/mol. The Bertz CT molecular complexity index is 423. The molecule has 0 unspecified atom stereocenters. The maximum absolute atomic E-state index is 6.34. The van der Waals surface area contributed by atoms with E-state index in [2.05, 4.69) is 25.2 Å². The Hall–Kier alpha value is -0.240. The normalized spacial score (nSPS) is 18.2. The van der Waals surface area contributed by atoms with Crippen LogP contribution in [0.4, 0.5) is 0 Å². The summed E-state index contributed by atoms with van der Waals surface area (Å²) >= 11 is 12.5. The number of rotatable bonds is 5. The number of benzene rings is 1. The molecule has 1 aliphatic carbocycles. The highest BCUT2D eigenvalue weighted by Gasteiger charge is 2.34. The molecule has 0 aromatic heterocycles. The minimum atomic E-state index is 0.360. The summed E-state index contributed by atoms with van der Waals surface area (Å²) in [5.41, 5.74) is 1.56. The molecule has 2 rings (SSSR count). The van der Waals surface area contributed by atoms with Crippen molar-refractivity contribution in [3.8, 4) is 0 Å². The van der Waals surface area contributed by atoms with Crippen molar-refractivity contribution in [2.45, 2.75) is 52.0 Å². The van der Waals surface area contributed by atoms with Gasteiger partial charge >= 0.3 is 0 Å². The second-order valence-electron chi connectivity index (χ2n) is 6.13. The lowest BCUT2D eigenvalue weighted by atomic mass is 9.79. The summed E-state index contributed by atoms with van der Waals surface area (Å²) in [6, 6.07) is 6.51. The third-order valence-electron chi connectivity index (χ3n) is 4.15. The van der Waals surface area contributed by atoms with E-state index in [1.54, 1.807) is 0 Å². The average molecular weight is 300 g/mol. The lowest BCUT2D eigenvalue weighted by molar-refractivity contribution is 0.269. The first kappa shape index (κ1) is 15.2. The van der Waals surface area contributed by atoms with Gasteiger partial charge in [-0.3, -0.25) is 0 Å². The lowest BCUT2D eigenvalue weighted by Crippen LogP contribution is -2.37. The van der Waals surface area contributed by atoms with Gasteiger partial charge in [-0.2, -0.15) is 0 Å². The highest BCUT2D eigenvalue weighted by Crippen LogP contribution is 2.42. The van der Waals surface area contributed by atoms with Crippen LogP contribution in [0.15, 0.2) is 18.2 Å². The molecule has 0 bridgehead atoms. The predicted molar refractivity (Wildman–Crippen MR) is 84.2 cm³/mol. The monoisotopic (exact) mass is 299 g/mol. The standard InChI is InChI=1S/C16H23Cl2N/c1-12(2)19-11-16(8-3-4-9-16)10-13-6-5-7-14(17)15(13)18/h5-7,12,19H,3-4,8-11H2,1-2H3. The topological polar surface area (TPSA) is 12.0 Å². The first-order chi connectivity index (χ1) is 9.02. The molecule has 19 heavy (non-hydrogen) atoms. The van der Waals surface area contributed by atoms with Gasteiger partial charge in [-0.1, -0.05) is 62.0 Å². The maximum Gasteiger partial charge on any atom is 0.0624 e. The largest absolute Gasteiger partial charge is 0.314 e. The van der Waals surface area contributed by atoms with Crippen molar-refractivity contribution in [1.29, 1.82) is 0 Å². The van der Waals surface area contributed by atoms with Gasteiger partial charge in [0.05, 0.1) is 10.0 Å². The molecule has 1 N–H and O–H groups in total. The fourth-order valence-corrected chi connectivity index (χ4v) is 3.44. The molecule has 106 valence electrons. The Kier molecular flexibility index (Phi) is 5.16. The van der Waals surface area contributed by atoms with Crippen LogP contribution < -0.4 is 5.32 Å². The SMILES string of the molecule is CC(C)NCC1(Cc2cccc(Cl)c2Cl)CCCC1. The van der Waals surface area contributed by atoms with Gasteiger partial charge < -0.3 is 5.32 Å². The first-order valence-electron chi connectivity index (χ1n) is 7.19. The second-order valence-corrected chi connectivity index (χ2v) is 6.92. The molecule has 1 fully saturated rings. The fraction of sp³-hybridized carbons (Fsp3) is 0.625. The third kappa shape index (κ3) is 3.87. The highest BCUT2D eigenvalue weighted by molar-refractivity contribution is 6.42. The summed E-state index contributed by atoms with van der Waals surface area (Å²) in [5, 5.41) is 5.01. The molecule has 1 saturated carbocycles. The Morgan fingerprint density at radius 2 is 1.89 bits per heavy atom. The third-order valence-corrected chi connectivity index (χ3v) is 5.00. The minimum absolute atomic E-state index is 0.360. The second kappa shape index (κ2) is 6.47. The lowest BCUT2D eigenvalue weighted by Gasteiger charge is -2.31. The summed E-state index contributed by atoms with van der Waals surface area (Å²) in [7, 11) is 0. The summed E-state index contributed by atoms with van der Waals surface area (Å²) in [4.78, 5) is 0. The quantitative estimate of drug-likeness (QED) is 0.798. The van der Waals surface area contributed by atoms with E-state index in [0.717, 1.165) is 18.0 Å². The highest BCUT2D eigenvalue weighted by atomic mass is 35.5. The zero-order valence-electron chi connectivity index (χ0n) is 11.8. The van der Waals surface area contributed by atoms with Crippen LogP contribution in [-0.4, -0.2) is 12.6 Å².